The number of likely N-dealkylation sites (tertiary alicyclic amines) is 1. The molecule has 0 aromatic rings. The predicted octanol–water partition coefficient (Wildman–Crippen LogP) is 3.91. The Labute approximate surface area is 121 Å². The maximum atomic E-state index is 3.54. The van der Waals surface area contributed by atoms with Gasteiger partial charge >= 0.3 is 0 Å². The molecule has 1 fully saturated rings. The fourth-order valence-electron chi connectivity index (χ4n) is 3.40. The van der Waals surface area contributed by atoms with Crippen molar-refractivity contribution < 1.29 is 0 Å². The van der Waals surface area contributed by atoms with E-state index in [0.29, 0.717) is 10.8 Å². The monoisotopic (exact) mass is 268 g/mol. The average molecular weight is 268 g/mol. The molecule has 0 saturated carbocycles. The third-order valence-electron chi connectivity index (χ3n) is 5.68. The van der Waals surface area contributed by atoms with E-state index in [0.717, 1.165) is 13.1 Å². The van der Waals surface area contributed by atoms with Crippen molar-refractivity contribution >= 4 is 0 Å². The number of rotatable bonds is 8. The van der Waals surface area contributed by atoms with Gasteiger partial charge in [-0.1, -0.05) is 47.5 Å². The van der Waals surface area contributed by atoms with Gasteiger partial charge in [-0.3, -0.25) is 0 Å². The predicted molar refractivity (Wildman–Crippen MR) is 85.6 cm³/mol. The molecular weight excluding hydrogens is 232 g/mol. The molecule has 1 unspecified atom stereocenters. The Morgan fingerprint density at radius 3 is 2.05 bits per heavy atom. The first kappa shape index (κ1) is 17.0. The molecule has 1 heterocycles. The van der Waals surface area contributed by atoms with E-state index < -0.39 is 0 Å². The molecule has 0 spiro atoms. The fraction of sp³-hybridized carbons (Fsp3) is 1.00. The molecule has 1 rings (SSSR count). The van der Waals surface area contributed by atoms with Crippen LogP contribution in [0.15, 0.2) is 0 Å². The van der Waals surface area contributed by atoms with Crippen LogP contribution in [0, 0.1) is 10.8 Å². The van der Waals surface area contributed by atoms with Gasteiger partial charge < -0.3 is 10.2 Å². The average Bonchev–Trinajstić information content (AvgIpc) is 2.46. The van der Waals surface area contributed by atoms with Crippen LogP contribution in [0.3, 0.4) is 0 Å². The van der Waals surface area contributed by atoms with Crippen LogP contribution >= 0.6 is 0 Å². The molecule has 0 aromatic carbocycles. The maximum Gasteiger partial charge on any atom is 0.00474 e. The number of nitrogens with one attached hydrogen (secondary N) is 1. The number of nitrogens with zero attached hydrogens (tertiary/aromatic N) is 1. The van der Waals surface area contributed by atoms with Crippen LogP contribution in [0.1, 0.15) is 66.7 Å². The van der Waals surface area contributed by atoms with Crippen molar-refractivity contribution in [3.63, 3.8) is 0 Å². The zero-order chi connectivity index (χ0) is 14.4. The van der Waals surface area contributed by atoms with Gasteiger partial charge in [0.25, 0.3) is 0 Å². The van der Waals surface area contributed by atoms with Crippen molar-refractivity contribution in [2.75, 3.05) is 32.7 Å². The topological polar surface area (TPSA) is 15.3 Å². The lowest BCUT2D eigenvalue weighted by Gasteiger charge is -2.44. The Hall–Kier alpha value is -0.0800. The van der Waals surface area contributed by atoms with E-state index in [1.54, 1.807) is 0 Å². The van der Waals surface area contributed by atoms with Crippen LogP contribution in [0.4, 0.5) is 0 Å². The summed E-state index contributed by atoms with van der Waals surface area (Å²) >= 11 is 0. The molecule has 0 aliphatic carbocycles. The van der Waals surface area contributed by atoms with Crippen LogP contribution in [-0.2, 0) is 0 Å². The standard InChI is InChI=1S/C17H36N2/c1-6-16(5,14-18-9-4)15-19-12-10-17(7-2,8-3)11-13-19/h18H,6-15H2,1-5H3. The number of hydrogen-bond donors (Lipinski definition) is 1. The third kappa shape index (κ3) is 4.75. The molecule has 0 aromatic heterocycles. The molecule has 0 amide bonds. The van der Waals surface area contributed by atoms with Gasteiger partial charge in [-0.2, -0.15) is 0 Å². The van der Waals surface area contributed by atoms with E-state index in [1.165, 1.54) is 51.7 Å². The van der Waals surface area contributed by atoms with Crippen molar-refractivity contribution in [1.29, 1.82) is 0 Å². The van der Waals surface area contributed by atoms with Gasteiger partial charge in [0.2, 0.25) is 0 Å². The third-order valence-corrected chi connectivity index (χ3v) is 5.68. The fourth-order valence-corrected chi connectivity index (χ4v) is 3.40. The van der Waals surface area contributed by atoms with Crippen molar-refractivity contribution in [1.82, 2.24) is 10.2 Å². The van der Waals surface area contributed by atoms with Crippen molar-refractivity contribution in [2.45, 2.75) is 66.7 Å². The molecule has 2 heteroatoms. The second-order valence-electron chi connectivity index (χ2n) is 6.93. The molecule has 1 N–H and O–H groups in total. The molecule has 2 nitrogen and oxygen atoms in total. The van der Waals surface area contributed by atoms with Crippen LogP contribution in [0.25, 0.3) is 0 Å². The zero-order valence-corrected chi connectivity index (χ0v) is 14.0. The highest BCUT2D eigenvalue weighted by molar-refractivity contribution is 4.87. The maximum absolute atomic E-state index is 3.54. The lowest BCUT2D eigenvalue weighted by molar-refractivity contribution is 0.0631. The highest BCUT2D eigenvalue weighted by atomic mass is 15.1. The summed E-state index contributed by atoms with van der Waals surface area (Å²) < 4.78 is 0. The highest BCUT2D eigenvalue weighted by Crippen LogP contribution is 2.38. The first-order valence-corrected chi connectivity index (χ1v) is 8.46. The van der Waals surface area contributed by atoms with Crippen molar-refractivity contribution in [3.05, 3.63) is 0 Å². The van der Waals surface area contributed by atoms with Crippen molar-refractivity contribution in [3.8, 4) is 0 Å². The van der Waals surface area contributed by atoms with E-state index in [4.69, 9.17) is 0 Å². The van der Waals surface area contributed by atoms with Gasteiger partial charge in [-0.25, -0.2) is 0 Å². The van der Waals surface area contributed by atoms with Gasteiger partial charge in [-0.15, -0.1) is 0 Å². The molecule has 1 atom stereocenters. The summed E-state index contributed by atoms with van der Waals surface area (Å²) in [6.07, 6.45) is 6.80. The Kier molecular flexibility index (Phi) is 6.82. The van der Waals surface area contributed by atoms with Crippen LogP contribution in [-0.4, -0.2) is 37.6 Å². The smallest absolute Gasteiger partial charge is 0.00474 e. The molecule has 19 heavy (non-hydrogen) atoms. The first-order chi connectivity index (χ1) is 9.03. The Morgan fingerprint density at radius 2 is 1.63 bits per heavy atom. The Bertz CT molecular complexity index is 238. The molecule has 1 aliphatic rings. The number of piperidine rings is 1. The lowest BCUT2D eigenvalue weighted by Crippen LogP contribution is -2.47. The molecule has 1 saturated heterocycles. The Balaban J connectivity index is 2.46. The van der Waals surface area contributed by atoms with Gasteiger partial charge in [0.05, 0.1) is 0 Å². The van der Waals surface area contributed by atoms with Crippen LogP contribution in [0.2, 0.25) is 0 Å². The summed E-state index contributed by atoms with van der Waals surface area (Å²) in [6, 6.07) is 0. The van der Waals surface area contributed by atoms with Gasteiger partial charge in [0.1, 0.15) is 0 Å². The van der Waals surface area contributed by atoms with Crippen molar-refractivity contribution in [2.24, 2.45) is 10.8 Å². The minimum atomic E-state index is 0.439. The molecule has 1 aliphatic heterocycles. The van der Waals surface area contributed by atoms with Gasteiger partial charge in [0.15, 0.2) is 0 Å². The van der Waals surface area contributed by atoms with E-state index in [1.807, 2.05) is 0 Å². The Morgan fingerprint density at radius 1 is 1.05 bits per heavy atom. The minimum Gasteiger partial charge on any atom is -0.316 e. The van der Waals surface area contributed by atoms with Gasteiger partial charge in [0, 0.05) is 13.1 Å². The van der Waals surface area contributed by atoms with E-state index in [9.17, 15) is 0 Å². The normalized spacial score (nSPS) is 23.2. The largest absolute Gasteiger partial charge is 0.316 e. The summed E-state index contributed by atoms with van der Waals surface area (Å²) in [5.74, 6) is 0. The first-order valence-electron chi connectivity index (χ1n) is 8.46. The van der Waals surface area contributed by atoms with E-state index in [-0.39, 0.29) is 0 Å². The molecular formula is C17H36N2. The summed E-state index contributed by atoms with van der Waals surface area (Å²) in [6.45, 7) is 17.9. The van der Waals surface area contributed by atoms with Crippen LogP contribution in [0.5, 0.6) is 0 Å². The van der Waals surface area contributed by atoms with E-state index >= 15 is 0 Å². The second-order valence-corrected chi connectivity index (χ2v) is 6.93. The highest BCUT2D eigenvalue weighted by Gasteiger charge is 2.33. The molecule has 0 bridgehead atoms. The SMILES string of the molecule is CCNCC(C)(CC)CN1CCC(CC)(CC)CC1. The molecule has 0 radical (unpaired) electrons. The summed E-state index contributed by atoms with van der Waals surface area (Å²) in [5.41, 5.74) is 1.09. The summed E-state index contributed by atoms with van der Waals surface area (Å²) in [7, 11) is 0. The van der Waals surface area contributed by atoms with Crippen LogP contribution < -0.4 is 5.32 Å². The second kappa shape index (κ2) is 7.64. The minimum absolute atomic E-state index is 0.439. The van der Waals surface area contributed by atoms with E-state index in [2.05, 4.69) is 44.8 Å². The number of hydrogen-bond acceptors (Lipinski definition) is 2. The lowest BCUT2D eigenvalue weighted by atomic mass is 9.73. The molecule has 114 valence electrons. The quantitative estimate of drug-likeness (QED) is 0.718. The zero-order valence-electron chi connectivity index (χ0n) is 14.0. The van der Waals surface area contributed by atoms with Gasteiger partial charge in [-0.05, 0) is 49.7 Å². The summed E-state index contributed by atoms with van der Waals surface area (Å²) in [5, 5.41) is 3.54. The summed E-state index contributed by atoms with van der Waals surface area (Å²) in [4.78, 5) is 2.71.